The fourth-order valence-corrected chi connectivity index (χ4v) is 8.04. The Kier molecular flexibility index (Phi) is 10.0. The third-order valence-corrected chi connectivity index (χ3v) is 11.0. The molecule has 4 nitrogen and oxygen atoms in total. The molecule has 3 aromatic heterocycles. The van der Waals surface area contributed by atoms with E-state index in [1.165, 1.54) is 27.2 Å². The van der Waals surface area contributed by atoms with Crippen LogP contribution in [0.2, 0.25) is 0 Å². The Morgan fingerprint density at radius 3 is 2.00 bits per heavy atom. The molecule has 0 aliphatic heterocycles. The summed E-state index contributed by atoms with van der Waals surface area (Å²) in [4.78, 5) is 12.2. The molecule has 3 heterocycles. The summed E-state index contributed by atoms with van der Waals surface area (Å²) in [6, 6.07) is 69.5. The SMILES string of the molecule is CC(C)(C)c1ccnc(-c2[c-]c(N(c3[c-]c(-c4cc5c(cn4)c4ccc6ccccc6c4n5-c4ccccc4)ccc3)c3ccccc3)cc(-c3ccccc3)c2)c1.[Pt+2]. The zero-order valence-corrected chi connectivity index (χ0v) is 35.3. The van der Waals surface area contributed by atoms with E-state index in [2.05, 4.69) is 212 Å². The van der Waals surface area contributed by atoms with E-state index in [-0.39, 0.29) is 26.5 Å². The number of benzene rings is 7. The minimum atomic E-state index is -0.0245. The van der Waals surface area contributed by atoms with Crippen LogP contribution in [0, 0.1) is 12.1 Å². The summed E-state index contributed by atoms with van der Waals surface area (Å²) in [5, 5.41) is 4.71. The molecular weight excluding hydrogens is 900 g/mol. The van der Waals surface area contributed by atoms with E-state index in [0.717, 1.165) is 67.3 Å². The molecule has 0 radical (unpaired) electrons. The summed E-state index contributed by atoms with van der Waals surface area (Å²) in [5.41, 5.74) is 13.1. The summed E-state index contributed by atoms with van der Waals surface area (Å²) in [5.74, 6) is 0. The van der Waals surface area contributed by atoms with Crippen molar-refractivity contribution >= 4 is 49.6 Å². The Hall–Kier alpha value is -6.61. The van der Waals surface area contributed by atoms with Crippen molar-refractivity contribution in [1.82, 2.24) is 14.5 Å². The molecule has 5 heteroatoms. The average Bonchev–Trinajstić information content (AvgIpc) is 3.61. The molecule has 0 saturated heterocycles. The Balaban J connectivity index is 0.00000449. The van der Waals surface area contributed by atoms with Crippen LogP contribution in [0.1, 0.15) is 26.3 Å². The summed E-state index contributed by atoms with van der Waals surface area (Å²) >= 11 is 0. The van der Waals surface area contributed by atoms with Gasteiger partial charge in [0, 0.05) is 45.4 Å². The molecule has 0 spiro atoms. The second-order valence-electron chi connectivity index (χ2n) is 15.8. The van der Waals surface area contributed by atoms with Crippen LogP contribution in [0.5, 0.6) is 0 Å². The van der Waals surface area contributed by atoms with Crippen LogP contribution in [0.15, 0.2) is 188 Å². The van der Waals surface area contributed by atoms with E-state index in [0.29, 0.717) is 0 Å². The minimum absolute atomic E-state index is 0. The van der Waals surface area contributed by atoms with E-state index in [1.54, 1.807) is 0 Å². The number of hydrogen-bond donors (Lipinski definition) is 0. The maximum absolute atomic E-state index is 5.12. The van der Waals surface area contributed by atoms with Crippen LogP contribution in [0.3, 0.4) is 0 Å². The van der Waals surface area contributed by atoms with Gasteiger partial charge in [0.25, 0.3) is 0 Å². The fourth-order valence-electron chi connectivity index (χ4n) is 8.04. The van der Waals surface area contributed by atoms with Crippen molar-refractivity contribution in [1.29, 1.82) is 0 Å². The van der Waals surface area contributed by atoms with E-state index >= 15 is 0 Å². The summed E-state index contributed by atoms with van der Waals surface area (Å²) in [6.45, 7) is 6.70. The predicted molar refractivity (Wildman–Crippen MR) is 241 cm³/mol. The van der Waals surface area contributed by atoms with Gasteiger partial charge in [0.2, 0.25) is 0 Å². The topological polar surface area (TPSA) is 34.0 Å². The Morgan fingerprint density at radius 1 is 0.525 bits per heavy atom. The molecular formula is C54H40N4Pt. The summed E-state index contributed by atoms with van der Waals surface area (Å²) in [7, 11) is 0. The van der Waals surface area contributed by atoms with Crippen molar-refractivity contribution in [3.63, 3.8) is 0 Å². The van der Waals surface area contributed by atoms with Gasteiger partial charge in [0.05, 0.1) is 5.52 Å². The molecule has 10 rings (SSSR count). The number of hydrogen-bond acceptors (Lipinski definition) is 3. The monoisotopic (exact) mass is 939 g/mol. The van der Waals surface area contributed by atoms with Gasteiger partial charge < -0.3 is 19.4 Å². The molecule has 0 saturated carbocycles. The average molecular weight is 940 g/mol. The van der Waals surface area contributed by atoms with Gasteiger partial charge in [-0.3, -0.25) is 0 Å². The first-order valence-corrected chi connectivity index (χ1v) is 19.7. The van der Waals surface area contributed by atoms with E-state index in [4.69, 9.17) is 9.97 Å². The summed E-state index contributed by atoms with van der Waals surface area (Å²) in [6.07, 6.45) is 3.94. The maximum Gasteiger partial charge on any atom is 2.00 e. The number of para-hydroxylation sites is 2. The second kappa shape index (κ2) is 15.6. The first-order chi connectivity index (χ1) is 28.4. The van der Waals surface area contributed by atoms with E-state index < -0.39 is 0 Å². The minimum Gasteiger partial charge on any atom is -0.346 e. The molecule has 0 fully saturated rings. The van der Waals surface area contributed by atoms with Gasteiger partial charge in [0.15, 0.2) is 0 Å². The van der Waals surface area contributed by atoms with Crippen molar-refractivity contribution in [2.24, 2.45) is 0 Å². The van der Waals surface area contributed by atoms with E-state index in [1.807, 2.05) is 18.5 Å². The molecule has 59 heavy (non-hydrogen) atoms. The smallest absolute Gasteiger partial charge is 0.346 e. The Morgan fingerprint density at radius 2 is 1.22 bits per heavy atom. The number of nitrogens with zero attached hydrogens (tertiary/aromatic N) is 4. The van der Waals surface area contributed by atoms with Gasteiger partial charge in [0.1, 0.15) is 0 Å². The molecule has 0 aliphatic carbocycles. The Bertz CT molecular complexity index is 3090. The van der Waals surface area contributed by atoms with Crippen molar-refractivity contribution < 1.29 is 21.1 Å². The molecule has 0 bridgehead atoms. The third kappa shape index (κ3) is 7.15. The molecule has 286 valence electrons. The number of anilines is 3. The zero-order chi connectivity index (χ0) is 39.2. The van der Waals surface area contributed by atoms with E-state index in [9.17, 15) is 0 Å². The molecule has 0 aliphatic rings. The molecule has 7 aromatic carbocycles. The molecule has 0 N–H and O–H groups in total. The molecule has 0 atom stereocenters. The summed E-state index contributed by atoms with van der Waals surface area (Å²) < 4.78 is 2.38. The van der Waals surface area contributed by atoms with Crippen molar-refractivity contribution in [3.8, 4) is 39.3 Å². The van der Waals surface area contributed by atoms with Crippen molar-refractivity contribution in [2.75, 3.05) is 4.90 Å². The van der Waals surface area contributed by atoms with Crippen molar-refractivity contribution in [2.45, 2.75) is 26.2 Å². The van der Waals surface area contributed by atoms with Crippen LogP contribution in [0.4, 0.5) is 17.1 Å². The predicted octanol–water partition coefficient (Wildman–Crippen LogP) is 14.1. The van der Waals surface area contributed by atoms with Crippen LogP contribution in [-0.2, 0) is 26.5 Å². The van der Waals surface area contributed by atoms with Gasteiger partial charge in [-0.25, -0.2) is 0 Å². The van der Waals surface area contributed by atoms with Crippen LogP contribution in [0.25, 0.3) is 71.9 Å². The zero-order valence-electron chi connectivity index (χ0n) is 33.0. The quantitative estimate of drug-likeness (QED) is 0.149. The second-order valence-corrected chi connectivity index (χ2v) is 15.8. The number of rotatable bonds is 7. The van der Waals surface area contributed by atoms with Crippen LogP contribution in [-0.4, -0.2) is 14.5 Å². The van der Waals surface area contributed by atoms with Gasteiger partial charge in [-0.1, -0.05) is 142 Å². The third-order valence-electron chi connectivity index (χ3n) is 11.0. The number of pyridine rings is 2. The molecule has 10 aromatic rings. The van der Waals surface area contributed by atoms with Crippen LogP contribution >= 0.6 is 0 Å². The van der Waals surface area contributed by atoms with Crippen molar-refractivity contribution in [3.05, 3.63) is 206 Å². The Labute approximate surface area is 359 Å². The number of aromatic nitrogens is 3. The van der Waals surface area contributed by atoms with Crippen LogP contribution < -0.4 is 4.90 Å². The van der Waals surface area contributed by atoms with Gasteiger partial charge in [-0.05, 0) is 75.0 Å². The maximum atomic E-state index is 5.12. The van der Waals surface area contributed by atoms with Gasteiger partial charge >= 0.3 is 21.1 Å². The molecule has 0 unspecified atom stereocenters. The number of fused-ring (bicyclic) bond motifs is 5. The normalized spacial score (nSPS) is 11.5. The fraction of sp³-hybridized carbons (Fsp3) is 0.0741. The first kappa shape index (κ1) is 37.9. The van der Waals surface area contributed by atoms with Gasteiger partial charge in [-0.15, -0.1) is 53.6 Å². The molecule has 0 amide bonds. The first-order valence-electron chi connectivity index (χ1n) is 19.7. The largest absolute Gasteiger partial charge is 2.00 e. The van der Waals surface area contributed by atoms with Gasteiger partial charge in [-0.2, -0.15) is 0 Å². The standard InChI is InChI=1S/C54H40N4.Pt/c1-54(2,3)42-28-29-55-50(34-42)41-30-40(37-16-7-4-8-17-37)32-46(33-41)57(43-20-9-5-10-21-43)45-24-15-19-39(31-45)51-35-52-49(36-56-51)48-27-26-38-18-13-14-25-47(38)53(48)58(52)44-22-11-6-12-23-44;/h4-30,32,34-36H,1-3H3;/q-2;+2.